The van der Waals surface area contributed by atoms with Crippen LogP contribution >= 0.6 is 23.2 Å². The fraction of sp³-hybridized carbons (Fsp3) is 0.0952. The Kier molecular flexibility index (Phi) is 8.01. The molecule has 4 nitrogen and oxygen atoms in total. The molecule has 3 aliphatic rings. The fourth-order valence-electron chi connectivity index (χ4n) is 7.54. The van der Waals surface area contributed by atoms with Crippen molar-refractivity contribution in [2.45, 2.75) is 23.9 Å². The third-order valence-electron chi connectivity index (χ3n) is 9.66. The second-order valence-corrected chi connectivity index (χ2v) is 13.4. The molecule has 9 heteroatoms. The standard InChI is InChI=1S/C42H25Cl2F3O4/c43-28-17-11-25(12-18-28)39(48)50-34-21-22-35(51-40(49)26-13-19-29(44)20-14-26)38-37(34)36-30-5-1-3-7-32(30)41(38,33-8-4-2-6-31(33)36)23-24-9-15-27(16-10-24)42(45,46)47/h1-22,36H,23H2. The summed E-state index contributed by atoms with van der Waals surface area (Å²) in [5, 5.41) is 0.920. The zero-order valence-corrected chi connectivity index (χ0v) is 28.0. The molecular formula is C42H25Cl2F3O4. The van der Waals surface area contributed by atoms with Crippen LogP contribution in [0.15, 0.2) is 133 Å². The van der Waals surface area contributed by atoms with Crippen molar-refractivity contribution >= 4 is 35.1 Å². The molecule has 0 saturated heterocycles. The third-order valence-corrected chi connectivity index (χ3v) is 10.2. The average molecular weight is 722 g/mol. The molecular weight excluding hydrogens is 696 g/mol. The molecule has 0 fully saturated rings. The average Bonchev–Trinajstić information content (AvgIpc) is 3.13. The van der Waals surface area contributed by atoms with Crippen molar-refractivity contribution in [1.29, 1.82) is 0 Å². The summed E-state index contributed by atoms with van der Waals surface area (Å²) in [5.74, 6) is -1.17. The van der Waals surface area contributed by atoms with E-state index in [4.69, 9.17) is 32.7 Å². The molecule has 51 heavy (non-hydrogen) atoms. The number of alkyl halides is 3. The van der Waals surface area contributed by atoms with E-state index in [0.717, 1.165) is 34.4 Å². The van der Waals surface area contributed by atoms with Gasteiger partial charge in [0.25, 0.3) is 0 Å². The molecule has 3 aliphatic carbocycles. The number of halogens is 5. The zero-order chi connectivity index (χ0) is 35.5. The van der Waals surface area contributed by atoms with E-state index in [1.165, 1.54) is 12.1 Å². The van der Waals surface area contributed by atoms with Gasteiger partial charge >= 0.3 is 18.1 Å². The Morgan fingerprint density at radius 2 is 1.08 bits per heavy atom. The van der Waals surface area contributed by atoms with Gasteiger partial charge in [0.1, 0.15) is 11.5 Å². The fourth-order valence-corrected chi connectivity index (χ4v) is 7.79. The predicted molar refractivity (Wildman–Crippen MR) is 188 cm³/mol. The van der Waals surface area contributed by atoms with Crippen LogP contribution in [0.4, 0.5) is 13.2 Å². The van der Waals surface area contributed by atoms with Gasteiger partial charge < -0.3 is 9.47 Å². The number of hydrogen-bond acceptors (Lipinski definition) is 4. The molecule has 2 bridgehead atoms. The van der Waals surface area contributed by atoms with Gasteiger partial charge in [-0.15, -0.1) is 0 Å². The summed E-state index contributed by atoms with van der Waals surface area (Å²) in [5.41, 5.74) is 4.27. The van der Waals surface area contributed by atoms with Gasteiger partial charge in [0.05, 0.1) is 22.1 Å². The van der Waals surface area contributed by atoms with Crippen molar-refractivity contribution in [1.82, 2.24) is 0 Å². The highest BCUT2D eigenvalue weighted by molar-refractivity contribution is 6.31. The van der Waals surface area contributed by atoms with E-state index in [1.54, 1.807) is 60.7 Å². The number of carbonyl (C=O) groups excluding carboxylic acids is 2. The summed E-state index contributed by atoms with van der Waals surface area (Å²) in [6.45, 7) is 0. The maximum Gasteiger partial charge on any atom is 0.416 e. The summed E-state index contributed by atoms with van der Waals surface area (Å²) in [4.78, 5) is 27.3. The molecule has 9 rings (SSSR count). The molecule has 0 spiro atoms. The maximum atomic E-state index is 13.7. The topological polar surface area (TPSA) is 52.6 Å². The van der Waals surface area contributed by atoms with E-state index in [9.17, 15) is 22.8 Å². The molecule has 0 unspecified atom stereocenters. The van der Waals surface area contributed by atoms with Crippen molar-refractivity contribution in [2.75, 3.05) is 0 Å². The van der Waals surface area contributed by atoms with Crippen LogP contribution in [0.25, 0.3) is 0 Å². The summed E-state index contributed by atoms with van der Waals surface area (Å²) >= 11 is 12.2. The lowest BCUT2D eigenvalue weighted by molar-refractivity contribution is -0.137. The number of carbonyl (C=O) groups is 2. The number of hydrogen-bond donors (Lipinski definition) is 0. The Bertz CT molecular complexity index is 2290. The van der Waals surface area contributed by atoms with Crippen molar-refractivity contribution in [3.8, 4) is 11.5 Å². The highest BCUT2D eigenvalue weighted by Gasteiger charge is 2.54. The van der Waals surface area contributed by atoms with Gasteiger partial charge in [-0.1, -0.05) is 83.9 Å². The quantitative estimate of drug-likeness (QED) is 0.127. The minimum absolute atomic E-state index is 0.207. The van der Waals surface area contributed by atoms with E-state index in [0.29, 0.717) is 26.7 Å². The van der Waals surface area contributed by atoms with Crippen LogP contribution in [-0.2, 0) is 18.0 Å². The molecule has 6 aromatic carbocycles. The van der Waals surface area contributed by atoms with Crippen LogP contribution in [-0.4, -0.2) is 11.9 Å². The van der Waals surface area contributed by atoms with E-state index >= 15 is 0 Å². The van der Waals surface area contributed by atoms with E-state index in [-0.39, 0.29) is 29.0 Å². The maximum absolute atomic E-state index is 13.7. The zero-order valence-electron chi connectivity index (χ0n) is 26.5. The molecule has 0 aliphatic heterocycles. The van der Waals surface area contributed by atoms with Gasteiger partial charge in [0.15, 0.2) is 0 Å². The van der Waals surface area contributed by atoms with Crippen molar-refractivity contribution in [2.24, 2.45) is 0 Å². The summed E-state index contributed by atoms with van der Waals surface area (Å²) in [7, 11) is 0. The Labute approximate surface area is 301 Å². The first kappa shape index (κ1) is 32.8. The van der Waals surface area contributed by atoms with Gasteiger partial charge in [-0.3, -0.25) is 0 Å². The van der Waals surface area contributed by atoms with Crippen LogP contribution in [0.1, 0.15) is 71.1 Å². The Balaban J connectivity index is 1.38. The van der Waals surface area contributed by atoms with Crippen LogP contribution in [0.5, 0.6) is 11.5 Å². The van der Waals surface area contributed by atoms with Gasteiger partial charge in [-0.05, 0) is 107 Å². The number of rotatable bonds is 6. The molecule has 0 N–H and O–H groups in total. The highest BCUT2D eigenvalue weighted by Crippen LogP contribution is 2.64. The predicted octanol–water partition coefficient (Wildman–Crippen LogP) is 10.8. The van der Waals surface area contributed by atoms with E-state index in [2.05, 4.69) is 0 Å². The lowest BCUT2D eigenvalue weighted by Crippen LogP contribution is -2.44. The molecule has 0 heterocycles. The third kappa shape index (κ3) is 5.57. The van der Waals surface area contributed by atoms with E-state index in [1.807, 2.05) is 48.5 Å². The normalized spacial score (nSPS) is 16.8. The monoisotopic (exact) mass is 720 g/mol. The second-order valence-electron chi connectivity index (χ2n) is 12.5. The molecule has 6 aromatic rings. The first-order valence-electron chi connectivity index (χ1n) is 16.0. The first-order valence-corrected chi connectivity index (χ1v) is 16.8. The molecule has 0 aromatic heterocycles. The molecule has 0 radical (unpaired) electrons. The van der Waals surface area contributed by atoms with Crippen LogP contribution < -0.4 is 9.47 Å². The molecule has 0 amide bonds. The van der Waals surface area contributed by atoms with Crippen molar-refractivity contribution < 1.29 is 32.2 Å². The number of benzene rings is 6. The van der Waals surface area contributed by atoms with Crippen LogP contribution in [0.2, 0.25) is 10.0 Å². The van der Waals surface area contributed by atoms with Crippen molar-refractivity contribution in [3.05, 3.63) is 199 Å². The molecule has 0 atom stereocenters. The minimum Gasteiger partial charge on any atom is -0.423 e. The summed E-state index contributed by atoms with van der Waals surface area (Å²) in [6, 6.07) is 36.7. The van der Waals surface area contributed by atoms with Gasteiger partial charge in [-0.2, -0.15) is 13.2 Å². The van der Waals surface area contributed by atoms with Gasteiger partial charge in [0.2, 0.25) is 0 Å². The summed E-state index contributed by atoms with van der Waals surface area (Å²) in [6.07, 6.45) is -4.30. The number of esters is 2. The molecule has 0 saturated carbocycles. The van der Waals surface area contributed by atoms with Gasteiger partial charge in [0, 0.05) is 27.1 Å². The minimum atomic E-state index is -4.50. The number of ether oxygens (including phenoxy) is 2. The lowest BCUT2D eigenvalue weighted by atomic mass is 9.51. The SMILES string of the molecule is O=C(Oc1ccc(OC(=O)c2ccc(Cl)cc2)c2c1C1c3ccccc3C2(Cc2ccc(C(F)(F)F)cc2)c2ccccc21)c1ccc(Cl)cc1. The van der Waals surface area contributed by atoms with Crippen LogP contribution in [0, 0.1) is 0 Å². The highest BCUT2D eigenvalue weighted by atomic mass is 35.5. The second kappa shape index (κ2) is 12.4. The van der Waals surface area contributed by atoms with Crippen molar-refractivity contribution in [3.63, 3.8) is 0 Å². The Morgan fingerprint density at radius 1 is 0.608 bits per heavy atom. The first-order chi connectivity index (χ1) is 24.5. The Hall–Kier alpha value is -5.37. The van der Waals surface area contributed by atoms with Gasteiger partial charge in [-0.25, -0.2) is 9.59 Å². The van der Waals surface area contributed by atoms with E-state index < -0.39 is 35.0 Å². The largest absolute Gasteiger partial charge is 0.423 e. The van der Waals surface area contributed by atoms with Crippen LogP contribution in [0.3, 0.4) is 0 Å². The Morgan fingerprint density at radius 3 is 1.59 bits per heavy atom. The smallest absolute Gasteiger partial charge is 0.416 e. The summed E-state index contributed by atoms with van der Waals surface area (Å²) < 4.78 is 53.3. The lowest BCUT2D eigenvalue weighted by Gasteiger charge is -2.51. The molecule has 252 valence electrons.